The summed E-state index contributed by atoms with van der Waals surface area (Å²) in [7, 11) is 2.04. The number of carbonyl (C=O) groups is 1. The number of carboxylic acids is 1. The number of pyridine rings is 1. The van der Waals surface area contributed by atoms with Gasteiger partial charge >= 0.3 is 5.97 Å². The Bertz CT molecular complexity index is 742. The summed E-state index contributed by atoms with van der Waals surface area (Å²) >= 11 is 0. The van der Waals surface area contributed by atoms with Crippen molar-refractivity contribution < 1.29 is 9.90 Å². The van der Waals surface area contributed by atoms with Gasteiger partial charge in [-0.3, -0.25) is 9.88 Å². The van der Waals surface area contributed by atoms with Crippen molar-refractivity contribution in [3.8, 4) is 0 Å². The van der Waals surface area contributed by atoms with Crippen LogP contribution in [0.25, 0.3) is 0 Å². The lowest BCUT2D eigenvalue weighted by atomic mass is 9.87. The molecule has 1 aromatic heterocycles. The molecule has 1 atom stereocenters. The number of hydrogen-bond donors (Lipinski definition) is 1. The van der Waals surface area contributed by atoms with Crippen LogP contribution in [0.1, 0.15) is 41.9 Å². The standard InChI is InChI=1S/C20H24N2O2/c1-19(2)13-20(19,15-8-5-4-6-9-15)14-22(3)12-17-16(18(23)24)10-7-11-21-17/h4-11H,12-14H2,1-3H3,(H,23,24). The maximum Gasteiger partial charge on any atom is 0.337 e. The fraction of sp³-hybridized carbons (Fsp3) is 0.400. The van der Waals surface area contributed by atoms with E-state index in [-0.39, 0.29) is 16.4 Å². The molecule has 1 N–H and O–H groups in total. The first-order valence-electron chi connectivity index (χ1n) is 8.27. The molecule has 0 aliphatic heterocycles. The van der Waals surface area contributed by atoms with E-state index in [1.54, 1.807) is 18.3 Å². The molecule has 1 saturated carbocycles. The van der Waals surface area contributed by atoms with Gasteiger partial charge < -0.3 is 5.11 Å². The zero-order chi connectivity index (χ0) is 17.4. The molecule has 1 aromatic carbocycles. The highest BCUT2D eigenvalue weighted by atomic mass is 16.4. The predicted molar refractivity (Wildman–Crippen MR) is 94.0 cm³/mol. The highest BCUT2D eigenvalue weighted by Gasteiger charge is 2.61. The van der Waals surface area contributed by atoms with Crippen molar-refractivity contribution in [2.45, 2.75) is 32.2 Å². The monoisotopic (exact) mass is 324 g/mol. The molecule has 1 aliphatic carbocycles. The second kappa shape index (κ2) is 6.02. The van der Waals surface area contributed by atoms with Crippen LogP contribution >= 0.6 is 0 Å². The molecule has 4 heteroatoms. The minimum atomic E-state index is -0.920. The van der Waals surface area contributed by atoms with Gasteiger partial charge in [-0.1, -0.05) is 44.2 Å². The third kappa shape index (κ3) is 2.94. The number of aromatic carboxylic acids is 1. The van der Waals surface area contributed by atoms with Crippen LogP contribution in [0.3, 0.4) is 0 Å². The summed E-state index contributed by atoms with van der Waals surface area (Å²) in [6.45, 7) is 6.03. The van der Waals surface area contributed by atoms with Gasteiger partial charge in [-0.2, -0.15) is 0 Å². The summed E-state index contributed by atoms with van der Waals surface area (Å²) in [5, 5.41) is 9.33. The normalized spacial score (nSPS) is 21.7. The van der Waals surface area contributed by atoms with Crippen molar-refractivity contribution in [3.05, 3.63) is 65.5 Å². The van der Waals surface area contributed by atoms with Crippen LogP contribution in [0.5, 0.6) is 0 Å². The number of aromatic nitrogens is 1. The zero-order valence-corrected chi connectivity index (χ0v) is 14.5. The van der Waals surface area contributed by atoms with E-state index in [2.05, 4.69) is 48.0 Å². The SMILES string of the molecule is CN(Cc1ncccc1C(=O)O)CC1(c2ccccc2)CC1(C)C. The molecule has 24 heavy (non-hydrogen) atoms. The second-order valence-corrected chi connectivity index (χ2v) is 7.48. The topological polar surface area (TPSA) is 53.4 Å². The summed E-state index contributed by atoms with van der Waals surface area (Å²) < 4.78 is 0. The van der Waals surface area contributed by atoms with Crippen LogP contribution in [-0.2, 0) is 12.0 Å². The Kier molecular flexibility index (Phi) is 4.18. The van der Waals surface area contributed by atoms with Gasteiger partial charge in [0.25, 0.3) is 0 Å². The van der Waals surface area contributed by atoms with Crippen molar-refractivity contribution in [1.29, 1.82) is 0 Å². The van der Waals surface area contributed by atoms with Crippen LogP contribution in [0.15, 0.2) is 48.7 Å². The molecule has 1 unspecified atom stereocenters. The minimum absolute atomic E-state index is 0.126. The molecular formula is C20H24N2O2. The van der Waals surface area contributed by atoms with Gasteiger partial charge in [-0.15, -0.1) is 0 Å². The molecule has 1 aliphatic rings. The lowest BCUT2D eigenvalue weighted by Crippen LogP contribution is -2.32. The molecule has 4 nitrogen and oxygen atoms in total. The van der Waals surface area contributed by atoms with Crippen molar-refractivity contribution in [2.75, 3.05) is 13.6 Å². The average molecular weight is 324 g/mol. The molecular weight excluding hydrogens is 300 g/mol. The van der Waals surface area contributed by atoms with E-state index >= 15 is 0 Å². The Hall–Kier alpha value is -2.20. The molecule has 1 heterocycles. The lowest BCUT2D eigenvalue weighted by molar-refractivity contribution is 0.0694. The molecule has 0 spiro atoms. The van der Waals surface area contributed by atoms with Gasteiger partial charge in [0, 0.05) is 24.7 Å². The van der Waals surface area contributed by atoms with Crippen LogP contribution in [0, 0.1) is 5.41 Å². The maximum absolute atomic E-state index is 11.4. The van der Waals surface area contributed by atoms with Crippen LogP contribution in [0.2, 0.25) is 0 Å². The molecule has 0 saturated heterocycles. The van der Waals surface area contributed by atoms with E-state index in [1.807, 2.05) is 13.1 Å². The highest BCUT2D eigenvalue weighted by Crippen LogP contribution is 2.64. The largest absolute Gasteiger partial charge is 0.478 e. The quantitative estimate of drug-likeness (QED) is 0.882. The molecule has 2 aromatic rings. The zero-order valence-electron chi connectivity index (χ0n) is 14.5. The Morgan fingerprint density at radius 1 is 1.21 bits per heavy atom. The van der Waals surface area contributed by atoms with E-state index in [0.717, 1.165) is 13.0 Å². The van der Waals surface area contributed by atoms with Crippen LogP contribution in [-0.4, -0.2) is 34.6 Å². The van der Waals surface area contributed by atoms with Crippen molar-refractivity contribution in [3.63, 3.8) is 0 Å². The first-order chi connectivity index (χ1) is 11.4. The predicted octanol–water partition coefficient (Wildman–Crippen LogP) is 3.58. The molecule has 0 bridgehead atoms. The molecule has 0 amide bonds. The molecule has 0 radical (unpaired) electrons. The number of rotatable bonds is 6. The Morgan fingerprint density at radius 2 is 1.88 bits per heavy atom. The molecule has 126 valence electrons. The van der Waals surface area contributed by atoms with Gasteiger partial charge in [0.1, 0.15) is 0 Å². The number of likely N-dealkylation sites (N-methyl/N-ethyl adjacent to an activating group) is 1. The van der Waals surface area contributed by atoms with Gasteiger partial charge in [0.15, 0.2) is 0 Å². The Morgan fingerprint density at radius 3 is 2.46 bits per heavy atom. The summed E-state index contributed by atoms with van der Waals surface area (Å²) in [5.41, 5.74) is 2.65. The summed E-state index contributed by atoms with van der Waals surface area (Å²) in [6.07, 6.45) is 2.80. The van der Waals surface area contributed by atoms with E-state index < -0.39 is 5.97 Å². The highest BCUT2D eigenvalue weighted by molar-refractivity contribution is 5.88. The third-order valence-corrected chi connectivity index (χ3v) is 5.32. The van der Waals surface area contributed by atoms with Crippen LogP contribution in [0.4, 0.5) is 0 Å². The first-order valence-corrected chi connectivity index (χ1v) is 8.27. The maximum atomic E-state index is 11.4. The fourth-order valence-corrected chi connectivity index (χ4v) is 3.85. The average Bonchev–Trinajstić information content (AvgIpc) is 3.10. The second-order valence-electron chi connectivity index (χ2n) is 7.48. The van der Waals surface area contributed by atoms with E-state index in [4.69, 9.17) is 0 Å². The lowest BCUT2D eigenvalue weighted by Gasteiger charge is -2.27. The van der Waals surface area contributed by atoms with Crippen molar-refractivity contribution >= 4 is 5.97 Å². The molecule has 1 fully saturated rings. The van der Waals surface area contributed by atoms with Crippen LogP contribution < -0.4 is 0 Å². The summed E-state index contributed by atoms with van der Waals surface area (Å²) in [5.74, 6) is -0.920. The summed E-state index contributed by atoms with van der Waals surface area (Å²) in [6, 6.07) is 13.9. The van der Waals surface area contributed by atoms with Crippen molar-refractivity contribution in [1.82, 2.24) is 9.88 Å². The van der Waals surface area contributed by atoms with E-state index in [0.29, 0.717) is 12.2 Å². The minimum Gasteiger partial charge on any atom is -0.478 e. The van der Waals surface area contributed by atoms with Gasteiger partial charge in [0.05, 0.1) is 11.3 Å². The van der Waals surface area contributed by atoms with Gasteiger partial charge in [-0.25, -0.2) is 4.79 Å². The first kappa shape index (κ1) is 16.7. The number of benzene rings is 1. The number of carboxylic acid groups (broad SMARTS) is 1. The van der Waals surface area contributed by atoms with E-state index in [1.165, 1.54) is 5.56 Å². The summed E-state index contributed by atoms with van der Waals surface area (Å²) in [4.78, 5) is 17.8. The Balaban J connectivity index is 1.80. The van der Waals surface area contributed by atoms with E-state index in [9.17, 15) is 9.90 Å². The number of hydrogen-bond acceptors (Lipinski definition) is 3. The molecule has 3 rings (SSSR count). The third-order valence-electron chi connectivity index (χ3n) is 5.32. The Labute approximate surface area is 143 Å². The van der Waals surface area contributed by atoms with Gasteiger partial charge in [-0.05, 0) is 36.6 Å². The smallest absolute Gasteiger partial charge is 0.337 e. The number of nitrogens with zero attached hydrogens (tertiary/aromatic N) is 2. The van der Waals surface area contributed by atoms with Gasteiger partial charge in [0.2, 0.25) is 0 Å². The van der Waals surface area contributed by atoms with Crippen molar-refractivity contribution in [2.24, 2.45) is 5.41 Å². The fourth-order valence-electron chi connectivity index (χ4n) is 3.85.